The lowest BCUT2D eigenvalue weighted by molar-refractivity contribution is 1.24. The first kappa shape index (κ1) is 19.8. The smallest absolute Gasteiger partial charge is 0.0717 e. The number of benzene rings is 2. The predicted octanol–water partition coefficient (Wildman–Crippen LogP) is 8.98. The third-order valence-corrected chi connectivity index (χ3v) is 15.1. The van der Waals surface area contributed by atoms with Crippen LogP contribution in [-0.4, -0.2) is 11.5 Å². The van der Waals surface area contributed by atoms with Gasteiger partial charge in [0, 0.05) is 17.3 Å². The quantitative estimate of drug-likeness (QED) is 0.344. The lowest BCUT2D eigenvalue weighted by Crippen LogP contribution is -1.88. The number of thioether (sulfide) groups is 7. The molecule has 29 heavy (non-hydrogen) atoms. The van der Waals surface area contributed by atoms with Gasteiger partial charge in [-0.05, 0) is 39.6 Å². The standard InChI is InChI=1S/C22H16S7/c1-2-4-16-14(3-1)10-15-9-13(5-6-17(15)16)11-25-18-12-26-21(27-18)22-28-19-20(29-22)24-8-7-23-19/h1-6,9,12H,7-8,10-11H2. The van der Waals surface area contributed by atoms with Gasteiger partial charge in [0.25, 0.3) is 0 Å². The van der Waals surface area contributed by atoms with E-state index in [2.05, 4.69) is 47.9 Å². The Morgan fingerprint density at radius 3 is 2.41 bits per heavy atom. The van der Waals surface area contributed by atoms with Gasteiger partial charge in [-0.3, -0.25) is 0 Å². The molecule has 2 aromatic rings. The summed E-state index contributed by atoms with van der Waals surface area (Å²) < 4.78 is 7.48. The van der Waals surface area contributed by atoms with Gasteiger partial charge in [-0.1, -0.05) is 89.5 Å². The second kappa shape index (κ2) is 8.57. The van der Waals surface area contributed by atoms with Crippen molar-refractivity contribution in [2.75, 3.05) is 11.5 Å². The molecule has 3 aliphatic heterocycles. The monoisotopic (exact) mass is 504 g/mol. The molecule has 1 aliphatic carbocycles. The van der Waals surface area contributed by atoms with Gasteiger partial charge in [0.1, 0.15) is 0 Å². The SMILES string of the molecule is C1=C(SCc2ccc3c(c2)Cc2ccccc2-3)SC(=C2SC3=C(SCCS3)S2)S1. The molecule has 0 N–H and O–H groups in total. The summed E-state index contributed by atoms with van der Waals surface area (Å²) in [4.78, 5) is 0. The maximum atomic E-state index is 2.42. The zero-order chi connectivity index (χ0) is 19.2. The highest BCUT2D eigenvalue weighted by atomic mass is 32.3. The van der Waals surface area contributed by atoms with Gasteiger partial charge in [0.05, 0.1) is 21.2 Å². The second-order valence-electron chi connectivity index (χ2n) is 6.82. The van der Waals surface area contributed by atoms with Crippen molar-refractivity contribution in [3.8, 4) is 11.1 Å². The third-order valence-electron chi connectivity index (χ3n) is 4.95. The van der Waals surface area contributed by atoms with Crippen LogP contribution < -0.4 is 0 Å². The van der Waals surface area contributed by atoms with Crippen molar-refractivity contribution < 1.29 is 0 Å². The summed E-state index contributed by atoms with van der Waals surface area (Å²) >= 11 is 13.9. The average Bonchev–Trinajstić information content (AvgIpc) is 3.47. The molecule has 0 atom stereocenters. The molecule has 0 nitrogen and oxygen atoms in total. The third kappa shape index (κ3) is 4.01. The molecule has 0 aromatic heterocycles. The Morgan fingerprint density at radius 2 is 1.55 bits per heavy atom. The van der Waals surface area contributed by atoms with Crippen molar-refractivity contribution in [2.24, 2.45) is 0 Å². The molecule has 0 fully saturated rings. The summed E-state index contributed by atoms with van der Waals surface area (Å²) in [5, 5.41) is 2.35. The highest BCUT2D eigenvalue weighted by Gasteiger charge is 2.29. The van der Waals surface area contributed by atoms with Crippen LogP contribution in [0.5, 0.6) is 0 Å². The van der Waals surface area contributed by atoms with Crippen molar-refractivity contribution in [3.05, 3.63) is 85.7 Å². The van der Waals surface area contributed by atoms with E-state index in [1.54, 1.807) is 0 Å². The molecule has 0 saturated heterocycles. The van der Waals surface area contributed by atoms with E-state index in [-0.39, 0.29) is 0 Å². The topological polar surface area (TPSA) is 0 Å². The zero-order valence-corrected chi connectivity index (χ0v) is 21.0. The number of rotatable bonds is 3. The van der Waals surface area contributed by atoms with E-state index in [0.29, 0.717) is 0 Å². The van der Waals surface area contributed by atoms with Crippen molar-refractivity contribution in [1.29, 1.82) is 0 Å². The molecule has 6 rings (SSSR count). The van der Waals surface area contributed by atoms with Gasteiger partial charge in [0.2, 0.25) is 0 Å². The Labute approximate surface area is 201 Å². The van der Waals surface area contributed by atoms with Crippen LogP contribution in [0, 0.1) is 0 Å². The lowest BCUT2D eigenvalue weighted by atomic mass is 10.0. The molecule has 0 unspecified atom stereocenters. The van der Waals surface area contributed by atoms with Crippen molar-refractivity contribution in [1.82, 2.24) is 0 Å². The first-order valence-electron chi connectivity index (χ1n) is 9.31. The summed E-state index contributed by atoms with van der Waals surface area (Å²) in [7, 11) is 0. The summed E-state index contributed by atoms with van der Waals surface area (Å²) in [6.07, 6.45) is 1.08. The molecule has 0 bridgehead atoms. The van der Waals surface area contributed by atoms with Crippen molar-refractivity contribution in [3.63, 3.8) is 0 Å². The van der Waals surface area contributed by atoms with Crippen LogP contribution in [0.25, 0.3) is 11.1 Å². The Bertz CT molecular complexity index is 1080. The molecule has 4 aliphatic rings. The molecular formula is C22H16S7. The first-order valence-corrected chi connectivity index (χ1v) is 15.6. The maximum absolute atomic E-state index is 2.42. The number of fused-ring (bicyclic) bond motifs is 3. The summed E-state index contributed by atoms with van der Waals surface area (Å²) in [6.45, 7) is 0. The molecule has 7 heteroatoms. The van der Waals surface area contributed by atoms with Gasteiger partial charge in [-0.2, -0.15) is 0 Å². The van der Waals surface area contributed by atoms with Crippen LogP contribution in [-0.2, 0) is 12.2 Å². The largest absolute Gasteiger partial charge is 0.116 e. The van der Waals surface area contributed by atoms with Crippen LogP contribution in [0.15, 0.2) is 69.1 Å². The molecule has 0 amide bonds. The van der Waals surface area contributed by atoms with E-state index in [1.807, 2.05) is 82.3 Å². The van der Waals surface area contributed by atoms with Crippen molar-refractivity contribution >= 4 is 82.3 Å². The fourth-order valence-corrected chi connectivity index (χ4v) is 13.5. The minimum Gasteiger partial charge on any atom is -0.116 e. The molecular weight excluding hydrogens is 489 g/mol. The van der Waals surface area contributed by atoms with E-state index >= 15 is 0 Å². The van der Waals surface area contributed by atoms with Crippen LogP contribution in [0.3, 0.4) is 0 Å². The molecule has 3 heterocycles. The number of hydrogen-bond acceptors (Lipinski definition) is 7. The van der Waals surface area contributed by atoms with Crippen molar-refractivity contribution in [2.45, 2.75) is 12.2 Å². The van der Waals surface area contributed by atoms with Gasteiger partial charge in [-0.25, -0.2) is 0 Å². The second-order valence-corrected chi connectivity index (χ2v) is 15.3. The minimum atomic E-state index is 1.05. The van der Waals surface area contributed by atoms with Gasteiger partial charge >= 0.3 is 0 Å². The highest BCUT2D eigenvalue weighted by molar-refractivity contribution is 8.43. The summed E-state index contributed by atoms with van der Waals surface area (Å²) in [5.74, 6) is 3.56. The van der Waals surface area contributed by atoms with E-state index in [4.69, 9.17) is 0 Å². The van der Waals surface area contributed by atoms with Gasteiger partial charge in [-0.15, -0.1) is 35.3 Å². The summed E-state index contributed by atoms with van der Waals surface area (Å²) in [5.41, 5.74) is 7.23. The summed E-state index contributed by atoms with van der Waals surface area (Å²) in [6, 6.07) is 15.9. The molecule has 2 aromatic carbocycles. The molecule has 0 saturated carbocycles. The Morgan fingerprint density at radius 1 is 0.759 bits per heavy atom. The Balaban J connectivity index is 1.10. The lowest BCUT2D eigenvalue weighted by Gasteiger charge is -2.08. The van der Waals surface area contributed by atoms with E-state index in [1.165, 1.54) is 60.5 Å². The highest BCUT2D eigenvalue weighted by Crippen LogP contribution is 2.64. The Kier molecular flexibility index (Phi) is 5.84. The predicted molar refractivity (Wildman–Crippen MR) is 143 cm³/mol. The van der Waals surface area contributed by atoms with Crippen LogP contribution in [0.4, 0.5) is 0 Å². The maximum Gasteiger partial charge on any atom is 0.0717 e. The average molecular weight is 505 g/mol. The normalized spacial score (nSPS) is 20.1. The van der Waals surface area contributed by atoms with Crippen LogP contribution in [0.1, 0.15) is 16.7 Å². The van der Waals surface area contributed by atoms with Gasteiger partial charge in [0.15, 0.2) is 0 Å². The molecule has 0 spiro atoms. The van der Waals surface area contributed by atoms with E-state index in [0.717, 1.165) is 12.2 Å². The first-order chi connectivity index (χ1) is 14.3. The molecule has 0 radical (unpaired) electrons. The number of hydrogen-bond donors (Lipinski definition) is 0. The Hall–Kier alpha value is 0.110. The van der Waals surface area contributed by atoms with Crippen LogP contribution >= 0.6 is 82.3 Å². The zero-order valence-electron chi connectivity index (χ0n) is 15.3. The van der Waals surface area contributed by atoms with E-state index in [9.17, 15) is 0 Å². The van der Waals surface area contributed by atoms with Gasteiger partial charge < -0.3 is 0 Å². The molecule has 146 valence electrons. The fraction of sp³-hybridized carbons (Fsp3) is 0.182. The van der Waals surface area contributed by atoms with E-state index < -0.39 is 0 Å². The minimum absolute atomic E-state index is 1.05. The fourth-order valence-electron chi connectivity index (χ4n) is 3.64. The van der Waals surface area contributed by atoms with Crippen LogP contribution in [0.2, 0.25) is 0 Å².